The first-order valence-corrected chi connectivity index (χ1v) is 12.2. The van der Waals surface area contributed by atoms with Gasteiger partial charge < -0.3 is 9.62 Å². The molecule has 1 aliphatic rings. The average molecular weight is 499 g/mol. The minimum atomic E-state index is -2.26. The highest BCUT2D eigenvalue weighted by atomic mass is 32.2. The summed E-state index contributed by atoms with van der Waals surface area (Å²) in [6.07, 6.45) is 2.37. The Kier molecular flexibility index (Phi) is 8.07. The third kappa shape index (κ3) is 6.03. The molecule has 1 fully saturated rings. The van der Waals surface area contributed by atoms with Crippen molar-refractivity contribution >= 4 is 34.6 Å². The zero-order valence-corrected chi connectivity index (χ0v) is 20.0. The van der Waals surface area contributed by atoms with Crippen molar-refractivity contribution < 1.29 is 18.0 Å². The van der Waals surface area contributed by atoms with Gasteiger partial charge >= 0.3 is 6.08 Å². The van der Waals surface area contributed by atoms with E-state index in [1.165, 1.54) is 11.9 Å². The number of aromatic nitrogens is 2. The minimum absolute atomic E-state index is 0.0773. The molecule has 0 aliphatic carbocycles. The van der Waals surface area contributed by atoms with Crippen LogP contribution in [0.15, 0.2) is 82.8 Å². The first-order chi connectivity index (χ1) is 17.0. The van der Waals surface area contributed by atoms with E-state index in [1.54, 1.807) is 29.4 Å². The molecule has 0 atom stereocenters. The summed E-state index contributed by atoms with van der Waals surface area (Å²) < 4.78 is 41.7. The van der Waals surface area contributed by atoms with Crippen LogP contribution >= 0.6 is 11.9 Å². The number of fused-ring (bicyclic) bond motifs is 1. The standard InChI is InChI=1S/C26H25F3N4OS/c1-2-17(16-21(27)25(28)29)18-10-14-33(15-11-18)26(34)19-6-8-20(9-7-19)32-35-23-5-3-4-22-24(23)31-13-12-30-22/h3-9,12-13,32H,2,10-11,14-16H2,1H3. The second kappa shape index (κ2) is 11.4. The molecule has 0 unspecified atom stereocenters. The summed E-state index contributed by atoms with van der Waals surface area (Å²) in [6, 6.07) is 13.1. The van der Waals surface area contributed by atoms with Crippen molar-refractivity contribution in [1.82, 2.24) is 14.9 Å². The summed E-state index contributed by atoms with van der Waals surface area (Å²) in [5, 5.41) is 0. The summed E-state index contributed by atoms with van der Waals surface area (Å²) in [5.41, 5.74) is 4.74. The van der Waals surface area contributed by atoms with Gasteiger partial charge in [0.1, 0.15) is 5.52 Å². The normalized spacial score (nSPS) is 13.6. The molecule has 1 saturated heterocycles. The van der Waals surface area contributed by atoms with Crippen LogP contribution in [-0.4, -0.2) is 33.9 Å². The number of halogens is 3. The molecule has 9 heteroatoms. The predicted molar refractivity (Wildman–Crippen MR) is 133 cm³/mol. The molecule has 0 spiro atoms. The summed E-state index contributed by atoms with van der Waals surface area (Å²) in [5.74, 6) is -1.44. The van der Waals surface area contributed by atoms with Crippen molar-refractivity contribution in [2.24, 2.45) is 0 Å². The molecule has 35 heavy (non-hydrogen) atoms. The fourth-order valence-electron chi connectivity index (χ4n) is 4.11. The topological polar surface area (TPSA) is 58.1 Å². The van der Waals surface area contributed by atoms with Gasteiger partial charge in [-0.05, 0) is 67.6 Å². The fraction of sp³-hybridized carbons (Fsp3) is 0.269. The van der Waals surface area contributed by atoms with Crippen molar-refractivity contribution in [1.29, 1.82) is 0 Å². The van der Waals surface area contributed by atoms with Gasteiger partial charge in [0.2, 0.25) is 0 Å². The SMILES string of the molecule is CCC(CC(F)=C(F)F)=C1CCN(C(=O)c2ccc(NSc3cccc4nccnc34)cc2)CC1. The van der Waals surface area contributed by atoms with Gasteiger partial charge in [-0.2, -0.15) is 8.78 Å². The van der Waals surface area contributed by atoms with Crippen molar-refractivity contribution in [3.8, 4) is 0 Å². The number of piperidine rings is 1. The van der Waals surface area contributed by atoms with Crippen molar-refractivity contribution in [2.75, 3.05) is 17.8 Å². The van der Waals surface area contributed by atoms with Crippen LogP contribution < -0.4 is 4.72 Å². The number of nitrogens with zero attached hydrogens (tertiary/aromatic N) is 3. The van der Waals surface area contributed by atoms with E-state index >= 15 is 0 Å². The number of allylic oxidation sites excluding steroid dienone is 2. The quantitative estimate of drug-likeness (QED) is 0.277. The van der Waals surface area contributed by atoms with Gasteiger partial charge in [0.25, 0.3) is 5.91 Å². The molecule has 1 amide bonds. The van der Waals surface area contributed by atoms with Crippen molar-refractivity contribution in [2.45, 2.75) is 37.5 Å². The highest BCUT2D eigenvalue weighted by Crippen LogP contribution is 2.30. The van der Waals surface area contributed by atoms with E-state index in [0.717, 1.165) is 27.2 Å². The number of anilines is 1. The van der Waals surface area contributed by atoms with Crippen molar-refractivity contribution in [3.63, 3.8) is 0 Å². The van der Waals surface area contributed by atoms with Crippen LogP contribution in [0.25, 0.3) is 11.0 Å². The van der Waals surface area contributed by atoms with Crippen LogP contribution in [0.5, 0.6) is 0 Å². The number of likely N-dealkylation sites (tertiary alicyclic amines) is 1. The molecule has 2 heterocycles. The molecule has 5 nitrogen and oxygen atoms in total. The lowest BCUT2D eigenvalue weighted by Gasteiger charge is -2.30. The Morgan fingerprint density at radius 2 is 1.74 bits per heavy atom. The fourth-order valence-corrected chi connectivity index (χ4v) is 4.88. The van der Waals surface area contributed by atoms with E-state index < -0.39 is 11.9 Å². The Morgan fingerprint density at radius 3 is 2.43 bits per heavy atom. The number of carbonyl (C=O) groups excluding carboxylic acids is 1. The summed E-state index contributed by atoms with van der Waals surface area (Å²) in [4.78, 5) is 24.4. The van der Waals surface area contributed by atoms with Crippen LogP contribution in [0.3, 0.4) is 0 Å². The molecule has 1 aromatic heterocycles. The van der Waals surface area contributed by atoms with Crippen LogP contribution in [-0.2, 0) is 0 Å². The number of para-hydroxylation sites is 1. The van der Waals surface area contributed by atoms with Gasteiger partial charge in [-0.1, -0.05) is 24.1 Å². The molecule has 3 aromatic rings. The second-order valence-electron chi connectivity index (χ2n) is 8.16. The Morgan fingerprint density at radius 1 is 1.03 bits per heavy atom. The number of amides is 1. The Bertz CT molecular complexity index is 1260. The monoisotopic (exact) mass is 498 g/mol. The molecule has 0 saturated carbocycles. The molecule has 1 aliphatic heterocycles. The van der Waals surface area contributed by atoms with Crippen molar-refractivity contribution in [3.05, 3.63) is 83.5 Å². The third-order valence-corrected chi connectivity index (χ3v) is 6.91. The van der Waals surface area contributed by atoms with Crippen LogP contribution in [0, 0.1) is 0 Å². The summed E-state index contributed by atoms with van der Waals surface area (Å²) in [6.45, 7) is 2.81. The maximum absolute atomic E-state index is 13.4. The number of hydrogen-bond donors (Lipinski definition) is 1. The van der Waals surface area contributed by atoms with E-state index in [2.05, 4.69) is 14.7 Å². The lowest BCUT2D eigenvalue weighted by molar-refractivity contribution is 0.0743. The largest absolute Gasteiger partial charge is 0.338 e. The first-order valence-electron chi connectivity index (χ1n) is 11.4. The molecular weight excluding hydrogens is 473 g/mol. The Hall–Kier alpha value is -3.33. The van der Waals surface area contributed by atoms with Gasteiger partial charge in [0, 0.05) is 43.2 Å². The molecule has 0 radical (unpaired) electrons. The zero-order chi connectivity index (χ0) is 24.8. The molecule has 2 aromatic carbocycles. The van der Waals surface area contributed by atoms with E-state index in [1.807, 2.05) is 37.3 Å². The summed E-state index contributed by atoms with van der Waals surface area (Å²) in [7, 11) is 0. The lowest BCUT2D eigenvalue weighted by atomic mass is 9.93. The van der Waals surface area contributed by atoms with E-state index in [9.17, 15) is 18.0 Å². The maximum atomic E-state index is 13.4. The molecule has 1 N–H and O–H groups in total. The van der Waals surface area contributed by atoms with E-state index in [-0.39, 0.29) is 12.3 Å². The lowest BCUT2D eigenvalue weighted by Crippen LogP contribution is -2.36. The smallest absolute Gasteiger partial charge is 0.301 e. The highest BCUT2D eigenvalue weighted by Gasteiger charge is 2.22. The second-order valence-corrected chi connectivity index (χ2v) is 9.00. The number of rotatable bonds is 7. The van der Waals surface area contributed by atoms with Crippen LogP contribution in [0.2, 0.25) is 0 Å². The van der Waals surface area contributed by atoms with Gasteiger partial charge in [0.05, 0.1) is 10.4 Å². The zero-order valence-electron chi connectivity index (χ0n) is 19.2. The van der Waals surface area contributed by atoms with Gasteiger partial charge in [-0.3, -0.25) is 14.8 Å². The van der Waals surface area contributed by atoms with Gasteiger partial charge in [-0.25, -0.2) is 4.39 Å². The number of nitrogens with one attached hydrogen (secondary N) is 1. The number of benzene rings is 2. The van der Waals surface area contributed by atoms with Crippen LogP contribution in [0.1, 0.15) is 43.0 Å². The molecule has 0 bridgehead atoms. The molecular formula is C26H25F3N4OS. The number of carbonyl (C=O) groups is 1. The third-order valence-electron chi connectivity index (χ3n) is 6.03. The number of hydrogen-bond acceptors (Lipinski definition) is 5. The maximum Gasteiger partial charge on any atom is 0.301 e. The van der Waals surface area contributed by atoms with Gasteiger partial charge in [0.15, 0.2) is 5.83 Å². The molecule has 182 valence electrons. The Balaban J connectivity index is 1.35. The van der Waals surface area contributed by atoms with Gasteiger partial charge in [-0.15, -0.1) is 0 Å². The average Bonchev–Trinajstić information content (AvgIpc) is 2.90. The van der Waals surface area contributed by atoms with Crippen LogP contribution in [0.4, 0.5) is 18.9 Å². The van der Waals surface area contributed by atoms with E-state index in [0.29, 0.717) is 43.5 Å². The first kappa shape index (κ1) is 24.8. The molecule has 4 rings (SSSR count). The predicted octanol–water partition coefficient (Wildman–Crippen LogP) is 7.16. The van der Waals surface area contributed by atoms with E-state index in [4.69, 9.17) is 0 Å². The minimum Gasteiger partial charge on any atom is -0.338 e. The Labute approximate surface area is 206 Å². The highest BCUT2D eigenvalue weighted by molar-refractivity contribution is 8.00. The summed E-state index contributed by atoms with van der Waals surface area (Å²) >= 11 is 1.43.